The van der Waals surface area contributed by atoms with Gasteiger partial charge in [0.25, 0.3) is 5.91 Å². The molecule has 0 atom stereocenters. The summed E-state index contributed by atoms with van der Waals surface area (Å²) in [4.78, 5) is 16.4. The summed E-state index contributed by atoms with van der Waals surface area (Å²) in [6.07, 6.45) is 0. The SMILES string of the molecule is CNc1nc(CNC(=O)c2ccc(C(C)(C)C)cc2)cs1. The maximum atomic E-state index is 12.1. The minimum absolute atomic E-state index is 0.0746. The molecule has 2 N–H and O–H groups in total. The van der Waals surface area contributed by atoms with Gasteiger partial charge in [-0.1, -0.05) is 32.9 Å². The summed E-state index contributed by atoms with van der Waals surface area (Å²) in [5.74, 6) is -0.0746. The van der Waals surface area contributed by atoms with Crippen molar-refractivity contribution in [1.82, 2.24) is 10.3 Å². The number of amides is 1. The average molecular weight is 303 g/mol. The Labute approximate surface area is 129 Å². The van der Waals surface area contributed by atoms with Crippen LogP contribution in [0.1, 0.15) is 42.4 Å². The van der Waals surface area contributed by atoms with Crippen molar-refractivity contribution in [2.75, 3.05) is 12.4 Å². The second-order valence-corrected chi connectivity index (χ2v) is 6.76. The number of aromatic nitrogens is 1. The molecule has 5 heteroatoms. The van der Waals surface area contributed by atoms with Crippen LogP contribution in [0, 0.1) is 0 Å². The van der Waals surface area contributed by atoms with E-state index < -0.39 is 0 Å². The van der Waals surface area contributed by atoms with E-state index in [1.165, 1.54) is 16.9 Å². The molecule has 0 saturated heterocycles. The lowest BCUT2D eigenvalue weighted by atomic mass is 9.87. The zero-order valence-corrected chi connectivity index (χ0v) is 13.7. The predicted molar refractivity (Wildman–Crippen MR) is 88.0 cm³/mol. The molecule has 0 spiro atoms. The van der Waals surface area contributed by atoms with E-state index in [1.807, 2.05) is 36.7 Å². The van der Waals surface area contributed by atoms with Crippen molar-refractivity contribution in [2.45, 2.75) is 32.7 Å². The molecular formula is C16H21N3OS. The zero-order valence-electron chi connectivity index (χ0n) is 12.9. The Hall–Kier alpha value is -1.88. The van der Waals surface area contributed by atoms with Gasteiger partial charge in [0.1, 0.15) is 0 Å². The molecule has 112 valence electrons. The molecule has 0 aliphatic carbocycles. The second kappa shape index (κ2) is 6.26. The predicted octanol–water partition coefficient (Wildman–Crippen LogP) is 3.41. The third-order valence-electron chi connectivity index (χ3n) is 3.21. The number of hydrogen-bond acceptors (Lipinski definition) is 4. The van der Waals surface area contributed by atoms with E-state index in [1.54, 1.807) is 0 Å². The molecule has 1 heterocycles. The van der Waals surface area contributed by atoms with Crippen molar-refractivity contribution in [1.29, 1.82) is 0 Å². The largest absolute Gasteiger partial charge is 0.365 e. The first kappa shape index (κ1) is 15.5. The third kappa shape index (κ3) is 4.04. The average Bonchev–Trinajstić information content (AvgIpc) is 2.92. The Bertz CT molecular complexity index is 611. The molecule has 0 fully saturated rings. The van der Waals surface area contributed by atoms with Crippen LogP contribution < -0.4 is 10.6 Å². The lowest BCUT2D eigenvalue weighted by Gasteiger charge is -2.19. The van der Waals surface area contributed by atoms with Crippen LogP contribution in [0.3, 0.4) is 0 Å². The monoisotopic (exact) mass is 303 g/mol. The van der Waals surface area contributed by atoms with Crippen molar-refractivity contribution in [2.24, 2.45) is 0 Å². The molecule has 0 saturated carbocycles. The maximum absolute atomic E-state index is 12.1. The first-order valence-electron chi connectivity index (χ1n) is 6.91. The number of rotatable bonds is 4. The molecule has 1 aromatic heterocycles. The van der Waals surface area contributed by atoms with Gasteiger partial charge < -0.3 is 10.6 Å². The number of nitrogens with one attached hydrogen (secondary N) is 2. The number of carbonyl (C=O) groups is 1. The summed E-state index contributed by atoms with van der Waals surface area (Å²) in [5.41, 5.74) is 2.85. The van der Waals surface area contributed by atoms with Gasteiger partial charge in [0.2, 0.25) is 0 Å². The fourth-order valence-corrected chi connectivity index (χ4v) is 2.57. The van der Waals surface area contributed by atoms with Gasteiger partial charge in [-0.3, -0.25) is 4.79 Å². The summed E-state index contributed by atoms with van der Waals surface area (Å²) in [6.45, 7) is 6.91. The molecular weight excluding hydrogens is 282 g/mol. The van der Waals surface area contributed by atoms with Crippen LogP contribution in [0.25, 0.3) is 0 Å². The highest BCUT2D eigenvalue weighted by atomic mass is 32.1. The Morgan fingerprint density at radius 3 is 2.43 bits per heavy atom. The number of carbonyl (C=O) groups excluding carboxylic acids is 1. The Morgan fingerprint density at radius 2 is 1.90 bits per heavy atom. The minimum atomic E-state index is -0.0746. The van der Waals surface area contributed by atoms with E-state index in [-0.39, 0.29) is 11.3 Å². The molecule has 2 aromatic rings. The fourth-order valence-electron chi connectivity index (χ4n) is 1.90. The molecule has 4 nitrogen and oxygen atoms in total. The minimum Gasteiger partial charge on any atom is -0.365 e. The first-order valence-corrected chi connectivity index (χ1v) is 7.79. The molecule has 1 amide bonds. The highest BCUT2D eigenvalue weighted by Gasteiger charge is 2.14. The van der Waals surface area contributed by atoms with E-state index in [2.05, 4.69) is 36.4 Å². The van der Waals surface area contributed by atoms with Gasteiger partial charge in [0.05, 0.1) is 12.2 Å². The molecule has 0 aliphatic rings. The summed E-state index contributed by atoms with van der Waals surface area (Å²) >= 11 is 1.53. The normalized spacial score (nSPS) is 11.2. The first-order chi connectivity index (χ1) is 9.90. The quantitative estimate of drug-likeness (QED) is 0.910. The van der Waals surface area contributed by atoms with Crippen molar-refractivity contribution in [3.8, 4) is 0 Å². The van der Waals surface area contributed by atoms with Gasteiger partial charge >= 0.3 is 0 Å². The Balaban J connectivity index is 1.97. The van der Waals surface area contributed by atoms with Gasteiger partial charge in [0.15, 0.2) is 5.13 Å². The van der Waals surface area contributed by atoms with Crippen molar-refractivity contribution >= 4 is 22.4 Å². The van der Waals surface area contributed by atoms with Crippen LogP contribution in [0.15, 0.2) is 29.6 Å². The van der Waals surface area contributed by atoms with Crippen molar-refractivity contribution < 1.29 is 4.79 Å². The second-order valence-electron chi connectivity index (χ2n) is 5.90. The maximum Gasteiger partial charge on any atom is 0.251 e. The molecule has 21 heavy (non-hydrogen) atoms. The van der Waals surface area contributed by atoms with E-state index >= 15 is 0 Å². The Morgan fingerprint density at radius 1 is 1.24 bits per heavy atom. The zero-order chi connectivity index (χ0) is 15.5. The standard InChI is InChI=1S/C16H21N3OS/c1-16(2,3)12-7-5-11(6-8-12)14(20)18-9-13-10-21-15(17-4)19-13/h5-8,10H,9H2,1-4H3,(H,17,19)(H,18,20). The van der Waals surface area contributed by atoms with E-state index in [0.29, 0.717) is 12.1 Å². The molecule has 2 rings (SSSR count). The number of hydrogen-bond donors (Lipinski definition) is 2. The lowest BCUT2D eigenvalue weighted by Crippen LogP contribution is -2.23. The third-order valence-corrected chi connectivity index (χ3v) is 4.12. The highest BCUT2D eigenvalue weighted by Crippen LogP contribution is 2.22. The lowest BCUT2D eigenvalue weighted by molar-refractivity contribution is 0.0950. The van der Waals surface area contributed by atoms with Gasteiger partial charge in [0, 0.05) is 18.0 Å². The van der Waals surface area contributed by atoms with Gasteiger partial charge in [-0.05, 0) is 23.1 Å². The summed E-state index contributed by atoms with van der Waals surface area (Å²) in [6, 6.07) is 7.76. The fraction of sp³-hybridized carbons (Fsp3) is 0.375. The van der Waals surface area contributed by atoms with E-state index in [9.17, 15) is 4.79 Å². The number of benzene rings is 1. The molecule has 1 aromatic carbocycles. The smallest absolute Gasteiger partial charge is 0.251 e. The van der Waals surface area contributed by atoms with Gasteiger partial charge in [-0.25, -0.2) is 4.98 Å². The highest BCUT2D eigenvalue weighted by molar-refractivity contribution is 7.13. The van der Waals surface area contributed by atoms with Crippen LogP contribution in [0.2, 0.25) is 0 Å². The van der Waals surface area contributed by atoms with E-state index in [0.717, 1.165) is 10.8 Å². The molecule has 0 radical (unpaired) electrons. The van der Waals surface area contributed by atoms with Gasteiger partial charge in [-0.15, -0.1) is 11.3 Å². The Kier molecular flexibility index (Phi) is 4.63. The van der Waals surface area contributed by atoms with Crippen molar-refractivity contribution in [3.63, 3.8) is 0 Å². The van der Waals surface area contributed by atoms with Crippen LogP contribution in [0.4, 0.5) is 5.13 Å². The van der Waals surface area contributed by atoms with Crippen LogP contribution in [-0.4, -0.2) is 17.9 Å². The summed E-state index contributed by atoms with van der Waals surface area (Å²) in [5, 5.41) is 8.66. The van der Waals surface area contributed by atoms with Crippen LogP contribution in [-0.2, 0) is 12.0 Å². The van der Waals surface area contributed by atoms with Crippen LogP contribution >= 0.6 is 11.3 Å². The van der Waals surface area contributed by atoms with Gasteiger partial charge in [-0.2, -0.15) is 0 Å². The number of anilines is 1. The topological polar surface area (TPSA) is 54.0 Å². The van der Waals surface area contributed by atoms with E-state index in [4.69, 9.17) is 0 Å². The van der Waals surface area contributed by atoms with Crippen LogP contribution in [0.5, 0.6) is 0 Å². The number of nitrogens with zero attached hydrogens (tertiary/aromatic N) is 1. The molecule has 0 unspecified atom stereocenters. The van der Waals surface area contributed by atoms with Crippen molar-refractivity contribution in [3.05, 3.63) is 46.5 Å². The summed E-state index contributed by atoms with van der Waals surface area (Å²) in [7, 11) is 1.83. The number of thiazole rings is 1. The summed E-state index contributed by atoms with van der Waals surface area (Å²) < 4.78 is 0. The molecule has 0 aliphatic heterocycles. The molecule has 0 bridgehead atoms.